The minimum absolute atomic E-state index is 0.0411. The van der Waals surface area contributed by atoms with Gasteiger partial charge in [-0.25, -0.2) is 0 Å². The highest BCUT2D eigenvalue weighted by molar-refractivity contribution is 5.95. The van der Waals surface area contributed by atoms with E-state index in [-0.39, 0.29) is 24.2 Å². The second-order valence-corrected chi connectivity index (χ2v) is 7.92. The third-order valence-electron chi connectivity index (χ3n) is 5.54. The van der Waals surface area contributed by atoms with E-state index in [9.17, 15) is 19.7 Å². The third-order valence-corrected chi connectivity index (χ3v) is 5.54. The summed E-state index contributed by atoms with van der Waals surface area (Å²) in [5.74, 6) is -1.57. The molecule has 2 aromatic carbocycles. The van der Waals surface area contributed by atoms with Crippen LogP contribution in [0.25, 0.3) is 0 Å². The smallest absolute Gasteiger partial charge is 0.305 e. The molecule has 0 saturated carbocycles. The van der Waals surface area contributed by atoms with Crippen LogP contribution in [0.5, 0.6) is 0 Å². The number of carbonyl (C=O) groups is 2. The van der Waals surface area contributed by atoms with Crippen LogP contribution >= 0.6 is 0 Å². The number of nitrogens with one attached hydrogen (secondary N) is 2. The summed E-state index contributed by atoms with van der Waals surface area (Å²) in [6, 6.07) is 14.6. The number of carbonyl (C=O) groups excluding carboxylic acids is 1. The van der Waals surface area contributed by atoms with Gasteiger partial charge in [-0.3, -0.25) is 29.5 Å². The zero-order valence-electron chi connectivity index (χ0n) is 18.4. The van der Waals surface area contributed by atoms with Crippen LogP contribution in [0, 0.1) is 10.1 Å². The molecule has 3 rings (SSSR count). The number of benzene rings is 2. The Bertz CT molecular complexity index is 961. The number of hydrogen-bond donors (Lipinski definition) is 3. The van der Waals surface area contributed by atoms with E-state index in [1.165, 1.54) is 23.8 Å². The van der Waals surface area contributed by atoms with Crippen molar-refractivity contribution in [2.24, 2.45) is 0 Å². The second-order valence-electron chi connectivity index (χ2n) is 7.92. The first-order valence-electron chi connectivity index (χ1n) is 10.9. The SMILES string of the molecule is O=C(O)CCNC(=O)c1ccc(NCCN2CCN(Cc3ccccc3)CC2)c([N+](=O)[O-])c1. The van der Waals surface area contributed by atoms with Gasteiger partial charge in [-0.15, -0.1) is 0 Å². The van der Waals surface area contributed by atoms with E-state index < -0.39 is 16.8 Å². The van der Waals surface area contributed by atoms with Crippen LogP contribution in [0.2, 0.25) is 0 Å². The number of amides is 1. The highest BCUT2D eigenvalue weighted by atomic mass is 16.6. The van der Waals surface area contributed by atoms with Crippen LogP contribution in [0.4, 0.5) is 11.4 Å². The lowest BCUT2D eigenvalue weighted by Gasteiger charge is -2.34. The lowest BCUT2D eigenvalue weighted by Crippen LogP contribution is -2.47. The molecule has 0 aromatic heterocycles. The molecule has 33 heavy (non-hydrogen) atoms. The van der Waals surface area contributed by atoms with E-state index in [4.69, 9.17) is 5.11 Å². The number of nitrogens with zero attached hydrogens (tertiary/aromatic N) is 3. The topological polar surface area (TPSA) is 128 Å². The van der Waals surface area contributed by atoms with E-state index in [0.29, 0.717) is 12.2 Å². The van der Waals surface area contributed by atoms with Gasteiger partial charge < -0.3 is 15.7 Å². The maximum atomic E-state index is 12.1. The Morgan fingerprint density at radius 3 is 2.36 bits per heavy atom. The molecular weight excluding hydrogens is 426 g/mol. The average Bonchev–Trinajstić information content (AvgIpc) is 2.80. The molecule has 0 unspecified atom stereocenters. The molecule has 1 heterocycles. The summed E-state index contributed by atoms with van der Waals surface area (Å²) in [6.45, 7) is 6.02. The van der Waals surface area contributed by atoms with Crippen molar-refractivity contribution in [2.45, 2.75) is 13.0 Å². The zero-order chi connectivity index (χ0) is 23.6. The molecule has 0 atom stereocenters. The molecule has 10 heteroatoms. The maximum Gasteiger partial charge on any atom is 0.305 e. The second kappa shape index (κ2) is 11.9. The molecule has 1 aliphatic rings. The van der Waals surface area contributed by atoms with Gasteiger partial charge in [0.25, 0.3) is 11.6 Å². The Labute approximate surface area is 192 Å². The van der Waals surface area contributed by atoms with Gasteiger partial charge in [-0.05, 0) is 17.7 Å². The fourth-order valence-electron chi connectivity index (χ4n) is 3.72. The van der Waals surface area contributed by atoms with Crippen LogP contribution in [-0.4, -0.2) is 77.5 Å². The Morgan fingerprint density at radius 2 is 1.70 bits per heavy atom. The van der Waals surface area contributed by atoms with Crippen molar-refractivity contribution < 1.29 is 19.6 Å². The van der Waals surface area contributed by atoms with E-state index in [1.807, 2.05) is 6.07 Å². The van der Waals surface area contributed by atoms with E-state index in [0.717, 1.165) is 39.3 Å². The van der Waals surface area contributed by atoms with E-state index >= 15 is 0 Å². The van der Waals surface area contributed by atoms with Crippen molar-refractivity contribution in [1.82, 2.24) is 15.1 Å². The van der Waals surface area contributed by atoms with Gasteiger partial charge in [0, 0.05) is 64.0 Å². The minimum atomic E-state index is -1.03. The fourth-order valence-corrected chi connectivity index (χ4v) is 3.72. The first-order valence-corrected chi connectivity index (χ1v) is 10.9. The average molecular weight is 456 g/mol. The van der Waals surface area contributed by atoms with Crippen molar-refractivity contribution in [2.75, 3.05) is 51.1 Å². The molecule has 1 fully saturated rings. The predicted octanol–water partition coefficient (Wildman–Crippen LogP) is 2.03. The number of nitro groups is 1. The third kappa shape index (κ3) is 7.55. The van der Waals surface area contributed by atoms with Gasteiger partial charge in [0.15, 0.2) is 0 Å². The Morgan fingerprint density at radius 1 is 1.00 bits per heavy atom. The monoisotopic (exact) mass is 455 g/mol. The number of carboxylic acids is 1. The molecule has 2 aromatic rings. The molecule has 0 spiro atoms. The molecule has 3 N–H and O–H groups in total. The first kappa shape index (κ1) is 24.1. The summed E-state index contributed by atoms with van der Waals surface area (Å²) in [7, 11) is 0. The summed E-state index contributed by atoms with van der Waals surface area (Å²) >= 11 is 0. The zero-order valence-corrected chi connectivity index (χ0v) is 18.4. The molecule has 176 valence electrons. The molecular formula is C23H29N5O5. The lowest BCUT2D eigenvalue weighted by atomic mass is 10.1. The van der Waals surface area contributed by atoms with Crippen LogP contribution in [-0.2, 0) is 11.3 Å². The number of nitro benzene ring substituents is 1. The van der Waals surface area contributed by atoms with Gasteiger partial charge in [0.2, 0.25) is 0 Å². The Balaban J connectivity index is 1.46. The van der Waals surface area contributed by atoms with Crippen LogP contribution in [0.15, 0.2) is 48.5 Å². The van der Waals surface area contributed by atoms with Crippen LogP contribution in [0.1, 0.15) is 22.3 Å². The predicted molar refractivity (Wildman–Crippen MR) is 124 cm³/mol. The maximum absolute atomic E-state index is 12.1. The van der Waals surface area contributed by atoms with Gasteiger partial charge in [-0.2, -0.15) is 0 Å². The Hall–Kier alpha value is -3.50. The van der Waals surface area contributed by atoms with Gasteiger partial charge >= 0.3 is 5.97 Å². The first-order chi connectivity index (χ1) is 15.9. The quantitative estimate of drug-likeness (QED) is 0.347. The van der Waals surface area contributed by atoms with Crippen molar-refractivity contribution in [3.63, 3.8) is 0 Å². The van der Waals surface area contributed by atoms with Crippen LogP contribution < -0.4 is 10.6 Å². The van der Waals surface area contributed by atoms with Gasteiger partial charge in [0.1, 0.15) is 5.69 Å². The van der Waals surface area contributed by atoms with Crippen molar-refractivity contribution in [3.05, 3.63) is 69.8 Å². The normalized spacial score (nSPS) is 14.5. The standard InChI is InChI=1S/C23H29N5O5/c29-22(30)8-9-25-23(31)19-6-7-20(21(16-19)28(32)33)24-10-11-26-12-14-27(15-13-26)17-18-4-2-1-3-5-18/h1-7,16,24H,8-15,17H2,(H,25,31)(H,29,30). The highest BCUT2D eigenvalue weighted by Gasteiger charge is 2.19. The van der Waals surface area contributed by atoms with E-state index in [2.05, 4.69) is 44.7 Å². The molecule has 1 amide bonds. The van der Waals surface area contributed by atoms with Crippen LogP contribution in [0.3, 0.4) is 0 Å². The molecule has 1 aliphatic heterocycles. The van der Waals surface area contributed by atoms with Crippen molar-refractivity contribution >= 4 is 23.3 Å². The number of carboxylic acid groups (broad SMARTS) is 1. The minimum Gasteiger partial charge on any atom is -0.481 e. The largest absolute Gasteiger partial charge is 0.481 e. The number of aliphatic carboxylic acids is 1. The summed E-state index contributed by atoms with van der Waals surface area (Å²) < 4.78 is 0. The number of piperazine rings is 1. The summed E-state index contributed by atoms with van der Waals surface area (Å²) in [6.07, 6.45) is -0.214. The van der Waals surface area contributed by atoms with E-state index in [1.54, 1.807) is 0 Å². The molecule has 0 radical (unpaired) electrons. The molecule has 0 aliphatic carbocycles. The van der Waals surface area contributed by atoms with Gasteiger partial charge in [0.05, 0.1) is 11.3 Å². The summed E-state index contributed by atoms with van der Waals surface area (Å²) in [5, 5.41) is 25.7. The highest BCUT2D eigenvalue weighted by Crippen LogP contribution is 2.25. The number of hydrogen-bond acceptors (Lipinski definition) is 7. The van der Waals surface area contributed by atoms with Gasteiger partial charge in [-0.1, -0.05) is 30.3 Å². The molecule has 10 nitrogen and oxygen atoms in total. The Kier molecular flexibility index (Phi) is 8.73. The fraction of sp³-hybridized carbons (Fsp3) is 0.391. The van der Waals surface area contributed by atoms with Crippen molar-refractivity contribution in [1.29, 1.82) is 0 Å². The molecule has 1 saturated heterocycles. The molecule has 0 bridgehead atoms. The van der Waals surface area contributed by atoms with Crippen molar-refractivity contribution in [3.8, 4) is 0 Å². The number of anilines is 1. The number of rotatable bonds is 11. The summed E-state index contributed by atoms with van der Waals surface area (Å²) in [4.78, 5) is 38.4. The summed E-state index contributed by atoms with van der Waals surface area (Å²) in [5.41, 5.74) is 1.59. The lowest BCUT2D eigenvalue weighted by molar-refractivity contribution is -0.384.